The maximum absolute atomic E-state index is 12.1. The molecule has 0 unspecified atom stereocenters. The number of carbonyl (C=O) groups is 1. The highest BCUT2D eigenvalue weighted by Crippen LogP contribution is 2.21. The predicted octanol–water partition coefficient (Wildman–Crippen LogP) is 4.64. The minimum atomic E-state index is -0.214. The van der Waals surface area contributed by atoms with Gasteiger partial charge in [0.05, 0.1) is 0 Å². The lowest BCUT2D eigenvalue weighted by Gasteiger charge is -2.13. The van der Waals surface area contributed by atoms with Crippen molar-refractivity contribution < 1.29 is 4.79 Å². The van der Waals surface area contributed by atoms with Crippen LogP contribution in [0.1, 0.15) is 21.5 Å². The van der Waals surface area contributed by atoms with E-state index >= 15 is 0 Å². The first-order chi connectivity index (χ1) is 10.4. The van der Waals surface area contributed by atoms with Crippen molar-refractivity contribution in [3.8, 4) is 0 Å². The second-order valence-corrected chi connectivity index (χ2v) is 7.65. The van der Waals surface area contributed by atoms with E-state index < -0.39 is 0 Å². The molecule has 3 nitrogen and oxygen atoms in total. The first-order valence-electron chi connectivity index (χ1n) is 6.51. The van der Waals surface area contributed by atoms with Crippen LogP contribution in [0.3, 0.4) is 0 Å². The Morgan fingerprint density at radius 2 is 1.68 bits per heavy atom. The minimum absolute atomic E-state index is 0.214. The van der Waals surface area contributed by atoms with E-state index in [2.05, 4.69) is 61.9 Å². The smallest absolute Gasteiger partial charge is 0.257 e. The molecule has 0 heterocycles. The van der Waals surface area contributed by atoms with Crippen molar-refractivity contribution in [2.45, 2.75) is 13.8 Å². The number of benzene rings is 2. The van der Waals surface area contributed by atoms with E-state index in [9.17, 15) is 4.79 Å². The highest BCUT2D eigenvalue weighted by Gasteiger charge is 2.09. The highest BCUT2D eigenvalue weighted by atomic mass is 127. The standard InChI is InChI=1S/C16H14I2N2OS/c1-9-8-14(10(2)7-13(9)18)19-16(22)20-15(21)11-3-5-12(17)6-4-11/h3-8H,1-2H3,(H2,19,20,21,22). The van der Waals surface area contributed by atoms with Crippen LogP contribution in [0.4, 0.5) is 5.69 Å². The zero-order valence-corrected chi connectivity index (χ0v) is 17.2. The van der Waals surface area contributed by atoms with Crippen molar-refractivity contribution >= 4 is 74.1 Å². The van der Waals surface area contributed by atoms with Gasteiger partial charge in [0.25, 0.3) is 5.91 Å². The molecule has 0 aliphatic rings. The van der Waals surface area contributed by atoms with Gasteiger partial charge < -0.3 is 5.32 Å². The van der Waals surface area contributed by atoms with E-state index in [1.807, 2.05) is 32.0 Å². The number of halogens is 2. The van der Waals surface area contributed by atoms with Crippen LogP contribution in [0, 0.1) is 21.0 Å². The molecule has 2 N–H and O–H groups in total. The van der Waals surface area contributed by atoms with Gasteiger partial charge in [0.1, 0.15) is 0 Å². The molecular formula is C16H14I2N2OS. The Bertz CT molecular complexity index is 730. The van der Waals surface area contributed by atoms with Crippen molar-refractivity contribution in [3.63, 3.8) is 0 Å². The van der Waals surface area contributed by atoms with E-state index in [-0.39, 0.29) is 5.91 Å². The van der Waals surface area contributed by atoms with Crippen LogP contribution < -0.4 is 10.6 Å². The number of thiocarbonyl (C=S) groups is 1. The number of hydrogen-bond donors (Lipinski definition) is 2. The third kappa shape index (κ3) is 4.63. The largest absolute Gasteiger partial charge is 0.332 e. The summed E-state index contributed by atoms with van der Waals surface area (Å²) >= 11 is 9.73. The quantitative estimate of drug-likeness (QED) is 0.435. The van der Waals surface area contributed by atoms with Crippen molar-refractivity contribution in [2.75, 3.05) is 5.32 Å². The fourth-order valence-electron chi connectivity index (χ4n) is 1.85. The molecule has 6 heteroatoms. The lowest BCUT2D eigenvalue weighted by molar-refractivity contribution is 0.0977. The summed E-state index contributed by atoms with van der Waals surface area (Å²) in [5.74, 6) is -0.214. The second kappa shape index (κ2) is 7.69. The topological polar surface area (TPSA) is 41.1 Å². The molecule has 0 aliphatic carbocycles. The molecule has 0 aliphatic heterocycles. The molecule has 114 valence electrons. The van der Waals surface area contributed by atoms with Crippen molar-refractivity contribution in [2.24, 2.45) is 0 Å². The maximum atomic E-state index is 12.1. The molecule has 0 radical (unpaired) electrons. The van der Waals surface area contributed by atoms with E-state index in [0.29, 0.717) is 10.7 Å². The molecule has 0 saturated heterocycles. The summed E-state index contributed by atoms with van der Waals surface area (Å²) in [5.41, 5.74) is 3.74. The van der Waals surface area contributed by atoms with E-state index in [4.69, 9.17) is 12.2 Å². The Morgan fingerprint density at radius 1 is 1.05 bits per heavy atom. The van der Waals surface area contributed by atoms with Gasteiger partial charge in [-0.3, -0.25) is 10.1 Å². The molecule has 0 bridgehead atoms. The summed E-state index contributed by atoms with van der Waals surface area (Å²) in [6.07, 6.45) is 0. The van der Waals surface area contributed by atoms with Gasteiger partial charge in [-0.15, -0.1) is 0 Å². The molecule has 2 aromatic rings. The van der Waals surface area contributed by atoms with Crippen LogP contribution in [-0.4, -0.2) is 11.0 Å². The van der Waals surface area contributed by atoms with Gasteiger partial charge in [0.15, 0.2) is 5.11 Å². The molecule has 2 aromatic carbocycles. The third-order valence-corrected chi connectivity index (χ3v) is 5.17. The summed E-state index contributed by atoms with van der Waals surface area (Å²) in [6.45, 7) is 4.05. The first-order valence-corrected chi connectivity index (χ1v) is 9.08. The number of nitrogens with one attached hydrogen (secondary N) is 2. The van der Waals surface area contributed by atoms with Crippen LogP contribution in [0.2, 0.25) is 0 Å². The number of anilines is 1. The Hall–Kier alpha value is -0.740. The number of hydrogen-bond acceptors (Lipinski definition) is 2. The van der Waals surface area contributed by atoms with Crippen LogP contribution >= 0.6 is 57.4 Å². The van der Waals surface area contributed by atoms with Gasteiger partial charge in [0, 0.05) is 18.4 Å². The summed E-state index contributed by atoms with van der Waals surface area (Å²) in [6, 6.07) is 11.4. The Kier molecular flexibility index (Phi) is 6.16. The van der Waals surface area contributed by atoms with Gasteiger partial charge >= 0.3 is 0 Å². The number of aryl methyl sites for hydroxylation is 2. The summed E-state index contributed by atoms with van der Waals surface area (Å²) in [5, 5.41) is 6.09. The highest BCUT2D eigenvalue weighted by molar-refractivity contribution is 14.1. The van der Waals surface area contributed by atoms with Crippen LogP contribution in [0.15, 0.2) is 36.4 Å². The van der Waals surface area contributed by atoms with Gasteiger partial charge in [-0.05, 0) is 119 Å². The lowest BCUT2D eigenvalue weighted by Crippen LogP contribution is -2.34. The van der Waals surface area contributed by atoms with Gasteiger partial charge in [0.2, 0.25) is 0 Å². The SMILES string of the molecule is Cc1cc(NC(=S)NC(=O)c2ccc(I)cc2)c(C)cc1I. The first kappa shape index (κ1) is 17.6. The molecule has 0 atom stereocenters. The zero-order valence-electron chi connectivity index (χ0n) is 12.0. The van der Waals surface area contributed by atoms with Crippen LogP contribution in [0.25, 0.3) is 0 Å². The molecule has 1 amide bonds. The monoisotopic (exact) mass is 536 g/mol. The molecule has 2 rings (SSSR count). The summed E-state index contributed by atoms with van der Waals surface area (Å²) in [4.78, 5) is 12.1. The van der Waals surface area contributed by atoms with Crippen molar-refractivity contribution in [1.29, 1.82) is 0 Å². The fraction of sp³-hybridized carbons (Fsp3) is 0.125. The molecule has 22 heavy (non-hydrogen) atoms. The zero-order chi connectivity index (χ0) is 16.3. The van der Waals surface area contributed by atoms with Crippen LogP contribution in [-0.2, 0) is 0 Å². The molecule has 0 fully saturated rings. The molecule has 0 aromatic heterocycles. The molecular weight excluding hydrogens is 522 g/mol. The van der Waals surface area contributed by atoms with Gasteiger partial charge in [-0.2, -0.15) is 0 Å². The van der Waals surface area contributed by atoms with Crippen LogP contribution in [0.5, 0.6) is 0 Å². The average Bonchev–Trinajstić information content (AvgIpc) is 2.45. The number of rotatable bonds is 2. The van der Waals surface area contributed by atoms with Crippen molar-refractivity contribution in [3.05, 3.63) is 60.2 Å². The minimum Gasteiger partial charge on any atom is -0.332 e. The predicted molar refractivity (Wildman–Crippen MR) is 111 cm³/mol. The number of amides is 1. The Balaban J connectivity index is 2.05. The van der Waals surface area contributed by atoms with E-state index in [1.54, 1.807) is 12.1 Å². The Labute approximate surface area is 162 Å². The molecule has 0 spiro atoms. The lowest BCUT2D eigenvalue weighted by atomic mass is 10.1. The van der Waals surface area contributed by atoms with E-state index in [0.717, 1.165) is 14.8 Å². The van der Waals surface area contributed by atoms with Gasteiger partial charge in [-0.1, -0.05) is 0 Å². The van der Waals surface area contributed by atoms with Crippen molar-refractivity contribution in [1.82, 2.24) is 5.32 Å². The average molecular weight is 536 g/mol. The summed E-state index contributed by atoms with van der Waals surface area (Å²) < 4.78 is 2.29. The number of carbonyl (C=O) groups excluding carboxylic acids is 1. The second-order valence-electron chi connectivity index (χ2n) is 4.83. The normalized spacial score (nSPS) is 10.2. The maximum Gasteiger partial charge on any atom is 0.257 e. The third-order valence-electron chi connectivity index (χ3n) is 3.09. The molecule has 0 saturated carbocycles. The van der Waals surface area contributed by atoms with Gasteiger partial charge in [-0.25, -0.2) is 0 Å². The fourth-order valence-corrected chi connectivity index (χ4v) is 3.03. The van der Waals surface area contributed by atoms with E-state index in [1.165, 1.54) is 9.13 Å². The Morgan fingerprint density at radius 3 is 2.32 bits per heavy atom. The summed E-state index contributed by atoms with van der Waals surface area (Å²) in [7, 11) is 0.